The summed E-state index contributed by atoms with van der Waals surface area (Å²) in [5.41, 5.74) is 1.79. The highest BCUT2D eigenvalue weighted by Gasteiger charge is 2.32. The number of nitrogens with one attached hydrogen (secondary N) is 1. The molecule has 0 saturated carbocycles. The first-order valence-electron chi connectivity index (χ1n) is 7.13. The van der Waals surface area contributed by atoms with E-state index in [9.17, 15) is 8.42 Å². The summed E-state index contributed by atoms with van der Waals surface area (Å²) < 4.78 is 27.6. The lowest BCUT2D eigenvalue weighted by molar-refractivity contribution is 0.252. The second kappa shape index (κ2) is 5.31. The van der Waals surface area contributed by atoms with Crippen molar-refractivity contribution in [1.82, 2.24) is 13.7 Å². The van der Waals surface area contributed by atoms with Crippen LogP contribution in [0.25, 0.3) is 5.52 Å². The van der Waals surface area contributed by atoms with Gasteiger partial charge in [-0.1, -0.05) is 6.42 Å². The molecule has 114 valence electrons. The maximum absolute atomic E-state index is 12.0. The van der Waals surface area contributed by atoms with Crippen LogP contribution in [-0.2, 0) is 10.0 Å². The molecule has 1 fully saturated rings. The van der Waals surface area contributed by atoms with Gasteiger partial charge in [0.1, 0.15) is 5.82 Å². The number of rotatable bonds is 3. The number of anilines is 1. The van der Waals surface area contributed by atoms with E-state index >= 15 is 0 Å². The fourth-order valence-corrected chi connectivity index (χ4v) is 4.14. The summed E-state index contributed by atoms with van der Waals surface area (Å²) in [6.07, 6.45) is 7.92. The van der Waals surface area contributed by atoms with E-state index in [-0.39, 0.29) is 6.04 Å². The Morgan fingerprint density at radius 3 is 2.90 bits per heavy atom. The van der Waals surface area contributed by atoms with Crippen molar-refractivity contribution >= 4 is 21.4 Å². The Bertz CT molecular complexity index is 753. The van der Waals surface area contributed by atoms with Crippen molar-refractivity contribution < 1.29 is 8.42 Å². The number of fused-ring (bicyclic) bond motifs is 1. The number of hydrogen-bond donors (Lipinski definition) is 1. The highest BCUT2D eigenvalue weighted by Crippen LogP contribution is 2.32. The van der Waals surface area contributed by atoms with E-state index in [1.807, 2.05) is 36.0 Å². The normalized spacial score (nSPS) is 20.8. The van der Waals surface area contributed by atoms with Gasteiger partial charge in [-0.3, -0.25) is 0 Å². The van der Waals surface area contributed by atoms with Gasteiger partial charge < -0.3 is 9.72 Å². The van der Waals surface area contributed by atoms with Crippen molar-refractivity contribution in [2.24, 2.45) is 0 Å². The quantitative estimate of drug-likeness (QED) is 0.940. The minimum atomic E-state index is -3.22. The van der Waals surface area contributed by atoms with Crippen LogP contribution in [0.3, 0.4) is 0 Å². The predicted molar refractivity (Wildman–Crippen MR) is 82.9 cm³/mol. The van der Waals surface area contributed by atoms with Crippen molar-refractivity contribution in [2.45, 2.75) is 25.3 Å². The van der Waals surface area contributed by atoms with Crippen molar-refractivity contribution in [1.29, 1.82) is 0 Å². The zero-order valence-corrected chi connectivity index (χ0v) is 13.1. The van der Waals surface area contributed by atoms with E-state index in [4.69, 9.17) is 0 Å². The van der Waals surface area contributed by atoms with Crippen LogP contribution >= 0.6 is 0 Å². The molecule has 3 heterocycles. The second-order valence-corrected chi connectivity index (χ2v) is 7.39. The van der Waals surface area contributed by atoms with Gasteiger partial charge in [0, 0.05) is 26.0 Å². The lowest BCUT2D eigenvalue weighted by Gasteiger charge is -2.33. The Balaban J connectivity index is 2.09. The van der Waals surface area contributed by atoms with Gasteiger partial charge in [-0.05, 0) is 25.0 Å². The van der Waals surface area contributed by atoms with E-state index in [0.717, 1.165) is 36.3 Å². The van der Waals surface area contributed by atoms with Crippen LogP contribution in [0, 0.1) is 0 Å². The molecule has 0 aromatic carbocycles. The van der Waals surface area contributed by atoms with E-state index in [2.05, 4.69) is 10.3 Å². The zero-order chi connectivity index (χ0) is 15.0. The van der Waals surface area contributed by atoms with E-state index in [1.54, 1.807) is 4.31 Å². The summed E-state index contributed by atoms with van der Waals surface area (Å²) in [4.78, 5) is 4.64. The lowest BCUT2D eigenvalue weighted by Crippen LogP contribution is -2.38. The van der Waals surface area contributed by atoms with Gasteiger partial charge in [0.05, 0.1) is 23.5 Å². The van der Waals surface area contributed by atoms with Crippen LogP contribution in [0.5, 0.6) is 0 Å². The molecule has 21 heavy (non-hydrogen) atoms. The van der Waals surface area contributed by atoms with Gasteiger partial charge in [-0.2, -0.15) is 4.31 Å². The third-order valence-electron chi connectivity index (χ3n) is 3.99. The average molecular weight is 308 g/mol. The third kappa shape index (κ3) is 2.63. The van der Waals surface area contributed by atoms with Crippen LogP contribution in [0.15, 0.2) is 24.5 Å². The SMILES string of the molecule is CNc1nc([C@H]2CCCCN2S(C)(=O)=O)cn2cccc12. The van der Waals surface area contributed by atoms with Crippen LogP contribution in [0.2, 0.25) is 0 Å². The maximum Gasteiger partial charge on any atom is 0.211 e. The Labute approximate surface area is 124 Å². The summed E-state index contributed by atoms with van der Waals surface area (Å²) in [5.74, 6) is 0.775. The lowest BCUT2D eigenvalue weighted by atomic mass is 10.0. The topological polar surface area (TPSA) is 66.7 Å². The molecule has 2 aromatic heterocycles. The fraction of sp³-hybridized carbons (Fsp3) is 0.500. The first-order chi connectivity index (χ1) is 10.0. The third-order valence-corrected chi connectivity index (χ3v) is 5.28. The molecule has 0 spiro atoms. The number of nitrogens with zero attached hydrogens (tertiary/aromatic N) is 3. The Morgan fingerprint density at radius 1 is 1.38 bits per heavy atom. The van der Waals surface area contributed by atoms with E-state index < -0.39 is 10.0 Å². The molecule has 6 nitrogen and oxygen atoms in total. The molecule has 1 N–H and O–H groups in total. The summed E-state index contributed by atoms with van der Waals surface area (Å²) in [6.45, 7) is 0.573. The number of hydrogen-bond acceptors (Lipinski definition) is 4. The number of aromatic nitrogens is 2. The van der Waals surface area contributed by atoms with Crippen LogP contribution < -0.4 is 5.32 Å². The van der Waals surface area contributed by atoms with Gasteiger partial charge in [0.2, 0.25) is 10.0 Å². The summed E-state index contributed by atoms with van der Waals surface area (Å²) in [7, 11) is -1.39. The standard InChI is InChI=1S/C14H20N4O2S/c1-15-14-13-7-5-8-17(13)10-11(16-14)12-6-3-4-9-18(12)21(2,19)20/h5,7-8,10,12H,3-4,6,9H2,1-2H3,(H,15,16)/t12-/m1/s1. The van der Waals surface area contributed by atoms with Crippen molar-refractivity contribution in [3.63, 3.8) is 0 Å². The molecule has 1 atom stereocenters. The smallest absolute Gasteiger partial charge is 0.211 e. The molecule has 0 radical (unpaired) electrons. The van der Waals surface area contributed by atoms with E-state index in [0.29, 0.717) is 6.54 Å². The molecule has 1 aliphatic rings. The molecular weight excluding hydrogens is 288 g/mol. The molecule has 0 unspecified atom stereocenters. The Kier molecular flexibility index (Phi) is 3.62. The molecule has 7 heteroatoms. The molecular formula is C14H20N4O2S. The summed E-state index contributed by atoms with van der Waals surface area (Å²) in [6, 6.07) is 3.77. The molecule has 0 aliphatic carbocycles. The second-order valence-electron chi connectivity index (χ2n) is 5.45. The van der Waals surface area contributed by atoms with Gasteiger partial charge in [0.15, 0.2) is 0 Å². The highest BCUT2D eigenvalue weighted by molar-refractivity contribution is 7.88. The number of piperidine rings is 1. The molecule has 0 bridgehead atoms. The molecule has 0 amide bonds. The first kappa shape index (κ1) is 14.3. The van der Waals surface area contributed by atoms with Crippen LogP contribution in [0.4, 0.5) is 5.82 Å². The minimum absolute atomic E-state index is 0.173. The van der Waals surface area contributed by atoms with Crippen molar-refractivity contribution in [3.05, 3.63) is 30.2 Å². The molecule has 2 aromatic rings. The van der Waals surface area contributed by atoms with Gasteiger partial charge in [0.25, 0.3) is 0 Å². The highest BCUT2D eigenvalue weighted by atomic mass is 32.2. The monoisotopic (exact) mass is 308 g/mol. The zero-order valence-electron chi connectivity index (χ0n) is 12.3. The molecule has 1 saturated heterocycles. The van der Waals surface area contributed by atoms with Gasteiger partial charge >= 0.3 is 0 Å². The Morgan fingerprint density at radius 2 is 2.19 bits per heavy atom. The predicted octanol–water partition coefficient (Wildman–Crippen LogP) is 1.86. The first-order valence-corrected chi connectivity index (χ1v) is 8.98. The molecule has 3 rings (SSSR count). The minimum Gasteiger partial charge on any atom is -0.371 e. The number of sulfonamides is 1. The van der Waals surface area contributed by atoms with Crippen LogP contribution in [0.1, 0.15) is 31.0 Å². The van der Waals surface area contributed by atoms with Crippen molar-refractivity contribution in [2.75, 3.05) is 25.2 Å². The van der Waals surface area contributed by atoms with Crippen molar-refractivity contribution in [3.8, 4) is 0 Å². The molecule has 1 aliphatic heterocycles. The van der Waals surface area contributed by atoms with Crippen LogP contribution in [-0.4, -0.2) is 42.0 Å². The van der Waals surface area contributed by atoms with Gasteiger partial charge in [-0.15, -0.1) is 0 Å². The Hall–Kier alpha value is -1.60. The summed E-state index contributed by atoms with van der Waals surface area (Å²) >= 11 is 0. The fourth-order valence-electron chi connectivity index (χ4n) is 3.01. The van der Waals surface area contributed by atoms with E-state index in [1.165, 1.54) is 6.26 Å². The van der Waals surface area contributed by atoms with Gasteiger partial charge in [-0.25, -0.2) is 13.4 Å². The average Bonchev–Trinajstić information content (AvgIpc) is 2.93. The maximum atomic E-state index is 12.0. The summed E-state index contributed by atoms with van der Waals surface area (Å²) in [5, 5.41) is 3.09. The largest absolute Gasteiger partial charge is 0.371 e.